The SMILES string of the molecule is CCCNC(=O)N(Cc1nc(-c2ccc(Cl)cc2)no1)C(C)C. The Kier molecular flexibility index (Phi) is 5.98. The Bertz CT molecular complexity index is 640. The van der Waals surface area contributed by atoms with Crippen LogP contribution in [0.1, 0.15) is 33.1 Å². The number of halogens is 1. The highest BCUT2D eigenvalue weighted by Gasteiger charge is 2.20. The van der Waals surface area contributed by atoms with E-state index in [9.17, 15) is 4.79 Å². The molecule has 124 valence electrons. The molecule has 0 unspecified atom stereocenters. The lowest BCUT2D eigenvalue weighted by Crippen LogP contribution is -2.43. The van der Waals surface area contributed by atoms with Gasteiger partial charge < -0.3 is 14.7 Å². The number of nitrogens with zero attached hydrogens (tertiary/aromatic N) is 3. The number of urea groups is 1. The molecular formula is C16H21ClN4O2. The predicted octanol–water partition coefficient (Wildman–Crippen LogP) is 3.72. The molecule has 1 heterocycles. The number of rotatable bonds is 6. The monoisotopic (exact) mass is 336 g/mol. The van der Waals surface area contributed by atoms with Gasteiger partial charge in [0.1, 0.15) is 6.54 Å². The highest BCUT2D eigenvalue weighted by atomic mass is 35.5. The fraction of sp³-hybridized carbons (Fsp3) is 0.438. The van der Waals surface area contributed by atoms with Gasteiger partial charge in [-0.25, -0.2) is 4.79 Å². The summed E-state index contributed by atoms with van der Waals surface area (Å²) in [6, 6.07) is 7.08. The number of hydrogen-bond donors (Lipinski definition) is 1. The second kappa shape index (κ2) is 7.97. The topological polar surface area (TPSA) is 71.3 Å². The quantitative estimate of drug-likeness (QED) is 0.872. The number of amides is 2. The zero-order valence-corrected chi connectivity index (χ0v) is 14.3. The van der Waals surface area contributed by atoms with Gasteiger partial charge in [0.05, 0.1) is 0 Å². The Balaban J connectivity index is 2.09. The minimum absolute atomic E-state index is 0.0257. The molecule has 0 aliphatic rings. The van der Waals surface area contributed by atoms with Crippen molar-refractivity contribution in [2.45, 2.75) is 39.8 Å². The summed E-state index contributed by atoms with van der Waals surface area (Å²) >= 11 is 5.87. The second-order valence-corrected chi connectivity index (χ2v) is 5.91. The largest absolute Gasteiger partial charge is 0.338 e. The van der Waals surface area contributed by atoms with Crippen molar-refractivity contribution in [1.29, 1.82) is 0 Å². The normalized spacial score (nSPS) is 10.8. The summed E-state index contributed by atoms with van der Waals surface area (Å²) in [5.41, 5.74) is 0.816. The standard InChI is InChI=1S/C16H21ClN4O2/c1-4-9-18-16(22)21(11(2)3)10-14-19-15(20-23-14)12-5-7-13(17)8-6-12/h5-8,11H,4,9-10H2,1-3H3,(H,18,22). The van der Waals surface area contributed by atoms with Crippen molar-refractivity contribution in [3.8, 4) is 11.4 Å². The average Bonchev–Trinajstić information content (AvgIpc) is 2.99. The van der Waals surface area contributed by atoms with E-state index >= 15 is 0 Å². The Morgan fingerprint density at radius 3 is 2.65 bits per heavy atom. The average molecular weight is 337 g/mol. The molecule has 0 aliphatic carbocycles. The van der Waals surface area contributed by atoms with Crippen molar-refractivity contribution >= 4 is 17.6 Å². The molecule has 0 saturated heterocycles. The Labute approximate surface area is 140 Å². The van der Waals surface area contributed by atoms with E-state index in [0.29, 0.717) is 23.3 Å². The Hall–Kier alpha value is -2.08. The molecule has 0 radical (unpaired) electrons. The van der Waals surface area contributed by atoms with Crippen LogP contribution in [-0.4, -0.2) is 33.7 Å². The number of benzene rings is 1. The van der Waals surface area contributed by atoms with Gasteiger partial charge in [0.25, 0.3) is 0 Å². The van der Waals surface area contributed by atoms with Crippen LogP contribution >= 0.6 is 11.6 Å². The molecule has 1 N–H and O–H groups in total. The van der Waals surface area contributed by atoms with Gasteiger partial charge in [0.2, 0.25) is 11.7 Å². The lowest BCUT2D eigenvalue weighted by Gasteiger charge is -2.25. The van der Waals surface area contributed by atoms with Crippen LogP contribution in [0.25, 0.3) is 11.4 Å². The van der Waals surface area contributed by atoms with Crippen LogP contribution in [0.4, 0.5) is 4.79 Å². The highest BCUT2D eigenvalue weighted by molar-refractivity contribution is 6.30. The minimum atomic E-state index is -0.131. The molecule has 0 aliphatic heterocycles. The third kappa shape index (κ3) is 4.69. The predicted molar refractivity (Wildman–Crippen MR) is 89.1 cm³/mol. The van der Waals surface area contributed by atoms with Crippen LogP contribution < -0.4 is 5.32 Å². The second-order valence-electron chi connectivity index (χ2n) is 5.47. The van der Waals surface area contributed by atoms with E-state index in [1.165, 1.54) is 0 Å². The van der Waals surface area contributed by atoms with E-state index in [4.69, 9.17) is 16.1 Å². The summed E-state index contributed by atoms with van der Waals surface area (Å²) in [4.78, 5) is 18.2. The number of aromatic nitrogens is 2. The molecule has 0 bridgehead atoms. The van der Waals surface area contributed by atoms with E-state index in [1.54, 1.807) is 17.0 Å². The maximum Gasteiger partial charge on any atom is 0.318 e. The van der Waals surface area contributed by atoms with Gasteiger partial charge in [0, 0.05) is 23.2 Å². The summed E-state index contributed by atoms with van der Waals surface area (Å²) in [7, 11) is 0. The third-order valence-electron chi connectivity index (χ3n) is 3.29. The summed E-state index contributed by atoms with van der Waals surface area (Å²) < 4.78 is 5.27. The minimum Gasteiger partial charge on any atom is -0.338 e. The maximum absolute atomic E-state index is 12.2. The first kappa shape index (κ1) is 17.3. The zero-order valence-electron chi connectivity index (χ0n) is 13.5. The maximum atomic E-state index is 12.2. The highest BCUT2D eigenvalue weighted by Crippen LogP contribution is 2.19. The third-order valence-corrected chi connectivity index (χ3v) is 3.54. The van der Waals surface area contributed by atoms with E-state index in [-0.39, 0.29) is 18.6 Å². The lowest BCUT2D eigenvalue weighted by molar-refractivity contribution is 0.169. The Morgan fingerprint density at radius 2 is 2.04 bits per heavy atom. The molecule has 1 aromatic heterocycles. The molecule has 7 heteroatoms. The number of hydrogen-bond acceptors (Lipinski definition) is 4. The van der Waals surface area contributed by atoms with Crippen molar-refractivity contribution in [2.24, 2.45) is 0 Å². The van der Waals surface area contributed by atoms with Gasteiger partial charge >= 0.3 is 6.03 Å². The lowest BCUT2D eigenvalue weighted by atomic mass is 10.2. The first-order valence-corrected chi connectivity index (χ1v) is 8.02. The van der Waals surface area contributed by atoms with Gasteiger partial charge in [-0.05, 0) is 44.5 Å². The summed E-state index contributed by atoms with van der Waals surface area (Å²) in [5.74, 6) is 0.879. The smallest absolute Gasteiger partial charge is 0.318 e. The van der Waals surface area contributed by atoms with E-state index < -0.39 is 0 Å². The number of carbonyl (C=O) groups is 1. The van der Waals surface area contributed by atoms with Gasteiger partial charge in [0.15, 0.2) is 0 Å². The molecule has 2 rings (SSSR count). The van der Waals surface area contributed by atoms with Crippen LogP contribution in [0.5, 0.6) is 0 Å². The number of carbonyl (C=O) groups excluding carboxylic acids is 1. The van der Waals surface area contributed by atoms with Crippen LogP contribution in [0, 0.1) is 0 Å². The van der Waals surface area contributed by atoms with Gasteiger partial charge in [-0.3, -0.25) is 0 Å². The first-order chi connectivity index (χ1) is 11.0. The molecule has 1 aromatic carbocycles. The summed E-state index contributed by atoms with van der Waals surface area (Å²) in [5, 5.41) is 7.47. The molecule has 0 atom stereocenters. The molecule has 0 saturated carbocycles. The Morgan fingerprint density at radius 1 is 1.35 bits per heavy atom. The van der Waals surface area contributed by atoms with Crippen LogP contribution in [0.2, 0.25) is 5.02 Å². The summed E-state index contributed by atoms with van der Waals surface area (Å²) in [6.07, 6.45) is 0.888. The van der Waals surface area contributed by atoms with E-state index in [0.717, 1.165) is 12.0 Å². The van der Waals surface area contributed by atoms with Crippen molar-refractivity contribution in [2.75, 3.05) is 6.54 Å². The first-order valence-electron chi connectivity index (χ1n) is 7.64. The molecule has 2 aromatic rings. The van der Waals surface area contributed by atoms with E-state index in [1.807, 2.05) is 32.9 Å². The van der Waals surface area contributed by atoms with Crippen LogP contribution in [0.3, 0.4) is 0 Å². The molecule has 23 heavy (non-hydrogen) atoms. The van der Waals surface area contributed by atoms with Crippen LogP contribution in [0.15, 0.2) is 28.8 Å². The van der Waals surface area contributed by atoms with Gasteiger partial charge in [-0.1, -0.05) is 23.7 Å². The van der Waals surface area contributed by atoms with Gasteiger partial charge in [-0.15, -0.1) is 0 Å². The molecular weight excluding hydrogens is 316 g/mol. The molecule has 6 nitrogen and oxygen atoms in total. The molecule has 0 spiro atoms. The van der Waals surface area contributed by atoms with Crippen molar-refractivity contribution < 1.29 is 9.32 Å². The number of nitrogens with one attached hydrogen (secondary N) is 1. The fourth-order valence-electron chi connectivity index (χ4n) is 2.00. The van der Waals surface area contributed by atoms with Crippen molar-refractivity contribution in [3.63, 3.8) is 0 Å². The fourth-order valence-corrected chi connectivity index (χ4v) is 2.13. The van der Waals surface area contributed by atoms with Crippen molar-refractivity contribution in [3.05, 3.63) is 35.2 Å². The zero-order chi connectivity index (χ0) is 16.8. The summed E-state index contributed by atoms with van der Waals surface area (Å²) in [6.45, 7) is 6.82. The van der Waals surface area contributed by atoms with Crippen molar-refractivity contribution in [1.82, 2.24) is 20.4 Å². The van der Waals surface area contributed by atoms with E-state index in [2.05, 4.69) is 15.5 Å². The van der Waals surface area contributed by atoms with Crippen LogP contribution in [-0.2, 0) is 6.54 Å². The molecule has 2 amide bonds. The molecule has 0 fully saturated rings. The van der Waals surface area contributed by atoms with Gasteiger partial charge in [-0.2, -0.15) is 4.98 Å².